The van der Waals surface area contributed by atoms with E-state index in [1.807, 2.05) is 0 Å². The molecule has 0 fully saturated rings. The van der Waals surface area contributed by atoms with Gasteiger partial charge in [-0.1, -0.05) is 12.1 Å². The molecule has 3 N–H and O–H groups in total. The van der Waals surface area contributed by atoms with Crippen LogP contribution < -0.4 is 10.2 Å². The van der Waals surface area contributed by atoms with Gasteiger partial charge in [0.15, 0.2) is 0 Å². The van der Waals surface area contributed by atoms with Gasteiger partial charge in [-0.15, -0.1) is 0 Å². The molecule has 1 rings (SSSR count). The Bertz CT molecular complexity index is 323. The summed E-state index contributed by atoms with van der Waals surface area (Å²) < 4.78 is 0. The molecule has 0 aliphatic heterocycles. The van der Waals surface area contributed by atoms with Gasteiger partial charge in [0.25, 0.3) is 0 Å². The van der Waals surface area contributed by atoms with E-state index in [9.17, 15) is 5.11 Å². The Morgan fingerprint density at radius 3 is 2.28 bits per heavy atom. The standard InChI is InChI=1S/C14H24N2O2/c1-3-16(4-2)13-7-5-12(6-8-13)9-15-10-14(18)11-17/h5-8,14-15,17-18H,3-4,9-11H2,1-2H3/t14-/m1/s1. The van der Waals surface area contributed by atoms with Crippen LogP contribution in [0.5, 0.6) is 0 Å². The van der Waals surface area contributed by atoms with E-state index in [4.69, 9.17) is 5.11 Å². The van der Waals surface area contributed by atoms with Crippen LogP contribution in [0.4, 0.5) is 5.69 Å². The molecular formula is C14H24N2O2. The van der Waals surface area contributed by atoms with Gasteiger partial charge in [-0.05, 0) is 31.5 Å². The fraction of sp³-hybridized carbons (Fsp3) is 0.571. The molecule has 0 aromatic heterocycles. The number of nitrogens with zero attached hydrogens (tertiary/aromatic N) is 1. The highest BCUT2D eigenvalue weighted by Gasteiger charge is 2.03. The molecule has 4 nitrogen and oxygen atoms in total. The maximum atomic E-state index is 9.20. The third kappa shape index (κ3) is 4.64. The minimum Gasteiger partial charge on any atom is -0.394 e. The van der Waals surface area contributed by atoms with E-state index in [0.717, 1.165) is 13.1 Å². The largest absolute Gasteiger partial charge is 0.394 e. The van der Waals surface area contributed by atoms with E-state index in [0.29, 0.717) is 13.1 Å². The summed E-state index contributed by atoms with van der Waals surface area (Å²) in [6.07, 6.45) is -0.681. The summed E-state index contributed by atoms with van der Waals surface area (Å²) in [5.41, 5.74) is 2.41. The SMILES string of the molecule is CCN(CC)c1ccc(CNC[C@@H](O)CO)cc1. The Morgan fingerprint density at radius 2 is 1.78 bits per heavy atom. The van der Waals surface area contributed by atoms with E-state index in [2.05, 4.69) is 48.3 Å². The van der Waals surface area contributed by atoms with Crippen LogP contribution in [0, 0.1) is 0 Å². The van der Waals surface area contributed by atoms with E-state index in [1.54, 1.807) is 0 Å². The van der Waals surface area contributed by atoms with E-state index in [1.165, 1.54) is 11.3 Å². The van der Waals surface area contributed by atoms with Gasteiger partial charge in [-0.2, -0.15) is 0 Å². The van der Waals surface area contributed by atoms with Gasteiger partial charge >= 0.3 is 0 Å². The Kier molecular flexibility index (Phi) is 6.72. The monoisotopic (exact) mass is 252 g/mol. The first-order valence-corrected chi connectivity index (χ1v) is 6.54. The zero-order valence-electron chi connectivity index (χ0n) is 11.3. The van der Waals surface area contributed by atoms with Gasteiger partial charge in [-0.3, -0.25) is 0 Å². The lowest BCUT2D eigenvalue weighted by Gasteiger charge is -2.21. The smallest absolute Gasteiger partial charge is 0.0895 e. The normalized spacial score (nSPS) is 12.4. The summed E-state index contributed by atoms with van der Waals surface area (Å²) in [4.78, 5) is 2.30. The summed E-state index contributed by atoms with van der Waals surface area (Å²) in [6.45, 7) is 7.23. The molecule has 0 saturated carbocycles. The summed E-state index contributed by atoms with van der Waals surface area (Å²) >= 11 is 0. The molecule has 0 spiro atoms. The molecule has 0 heterocycles. The van der Waals surface area contributed by atoms with E-state index < -0.39 is 6.10 Å². The number of rotatable bonds is 8. The number of benzene rings is 1. The van der Waals surface area contributed by atoms with Gasteiger partial charge in [0.2, 0.25) is 0 Å². The lowest BCUT2D eigenvalue weighted by atomic mass is 10.2. The third-order valence-electron chi connectivity index (χ3n) is 2.98. The second kappa shape index (κ2) is 8.08. The Balaban J connectivity index is 2.45. The molecule has 0 saturated heterocycles. The second-order valence-corrected chi connectivity index (χ2v) is 4.31. The molecule has 0 aliphatic carbocycles. The number of hydrogen-bond donors (Lipinski definition) is 3. The fourth-order valence-electron chi connectivity index (χ4n) is 1.86. The summed E-state index contributed by atoms with van der Waals surface area (Å²) in [6, 6.07) is 8.41. The Hall–Kier alpha value is -1.10. The minimum absolute atomic E-state index is 0.200. The lowest BCUT2D eigenvalue weighted by molar-refractivity contribution is 0.0942. The Labute approximate surface area is 109 Å². The van der Waals surface area contributed by atoms with Crippen molar-refractivity contribution >= 4 is 5.69 Å². The van der Waals surface area contributed by atoms with Crippen molar-refractivity contribution in [1.29, 1.82) is 0 Å². The lowest BCUT2D eigenvalue weighted by Crippen LogP contribution is -2.28. The van der Waals surface area contributed by atoms with Crippen LogP contribution in [0.1, 0.15) is 19.4 Å². The topological polar surface area (TPSA) is 55.7 Å². The quantitative estimate of drug-likeness (QED) is 0.645. The molecule has 102 valence electrons. The van der Waals surface area contributed by atoms with Crippen LogP contribution in [-0.4, -0.2) is 42.6 Å². The summed E-state index contributed by atoms with van der Waals surface area (Å²) in [5.74, 6) is 0. The van der Waals surface area contributed by atoms with Gasteiger partial charge in [0.1, 0.15) is 0 Å². The van der Waals surface area contributed by atoms with Crippen molar-refractivity contribution in [2.45, 2.75) is 26.5 Å². The first-order chi connectivity index (χ1) is 8.71. The van der Waals surface area contributed by atoms with Crippen molar-refractivity contribution in [1.82, 2.24) is 5.32 Å². The first kappa shape index (κ1) is 15.0. The van der Waals surface area contributed by atoms with E-state index >= 15 is 0 Å². The van der Waals surface area contributed by atoms with E-state index in [-0.39, 0.29) is 6.61 Å². The van der Waals surface area contributed by atoms with Crippen molar-refractivity contribution < 1.29 is 10.2 Å². The number of anilines is 1. The minimum atomic E-state index is -0.681. The number of hydrogen-bond acceptors (Lipinski definition) is 4. The zero-order chi connectivity index (χ0) is 13.4. The van der Waals surface area contributed by atoms with Crippen LogP contribution >= 0.6 is 0 Å². The fourth-order valence-corrected chi connectivity index (χ4v) is 1.86. The Morgan fingerprint density at radius 1 is 1.17 bits per heavy atom. The number of nitrogens with one attached hydrogen (secondary N) is 1. The van der Waals surface area contributed by atoms with Gasteiger partial charge < -0.3 is 20.4 Å². The van der Waals surface area contributed by atoms with Gasteiger partial charge in [0.05, 0.1) is 12.7 Å². The van der Waals surface area contributed by atoms with Gasteiger partial charge in [0, 0.05) is 31.9 Å². The zero-order valence-corrected chi connectivity index (χ0v) is 11.3. The molecular weight excluding hydrogens is 228 g/mol. The molecule has 1 aromatic carbocycles. The van der Waals surface area contributed by atoms with Crippen molar-refractivity contribution in [2.24, 2.45) is 0 Å². The predicted molar refractivity (Wildman–Crippen MR) is 74.8 cm³/mol. The average Bonchev–Trinajstić information content (AvgIpc) is 2.41. The van der Waals surface area contributed by atoms with Crippen LogP contribution in [0.15, 0.2) is 24.3 Å². The highest BCUT2D eigenvalue weighted by atomic mass is 16.3. The van der Waals surface area contributed by atoms with Crippen LogP contribution in [0.25, 0.3) is 0 Å². The highest BCUT2D eigenvalue weighted by molar-refractivity contribution is 5.47. The molecule has 1 atom stereocenters. The molecule has 0 unspecified atom stereocenters. The average molecular weight is 252 g/mol. The molecule has 1 aromatic rings. The molecule has 0 bridgehead atoms. The van der Waals surface area contributed by atoms with Crippen molar-refractivity contribution in [3.8, 4) is 0 Å². The van der Waals surface area contributed by atoms with Crippen LogP contribution in [0.2, 0.25) is 0 Å². The first-order valence-electron chi connectivity index (χ1n) is 6.54. The third-order valence-corrected chi connectivity index (χ3v) is 2.98. The van der Waals surface area contributed by atoms with Crippen molar-refractivity contribution in [2.75, 3.05) is 31.1 Å². The van der Waals surface area contributed by atoms with Gasteiger partial charge in [-0.25, -0.2) is 0 Å². The molecule has 0 aliphatic rings. The predicted octanol–water partition coefficient (Wildman–Crippen LogP) is 0.976. The van der Waals surface area contributed by atoms with Crippen LogP contribution in [0.3, 0.4) is 0 Å². The number of aliphatic hydroxyl groups excluding tert-OH is 2. The molecule has 18 heavy (non-hydrogen) atoms. The molecule has 0 amide bonds. The van der Waals surface area contributed by atoms with Crippen molar-refractivity contribution in [3.63, 3.8) is 0 Å². The molecule has 0 radical (unpaired) electrons. The number of aliphatic hydroxyl groups is 2. The maximum absolute atomic E-state index is 9.20. The van der Waals surface area contributed by atoms with Crippen LogP contribution in [-0.2, 0) is 6.54 Å². The second-order valence-electron chi connectivity index (χ2n) is 4.31. The maximum Gasteiger partial charge on any atom is 0.0895 e. The highest BCUT2D eigenvalue weighted by Crippen LogP contribution is 2.14. The summed E-state index contributed by atoms with van der Waals surface area (Å²) in [7, 11) is 0. The summed E-state index contributed by atoms with van der Waals surface area (Å²) in [5, 5.41) is 21.0. The molecule has 4 heteroatoms. The van der Waals surface area contributed by atoms with Crippen molar-refractivity contribution in [3.05, 3.63) is 29.8 Å².